The first-order chi connectivity index (χ1) is 9.25. The second kappa shape index (κ2) is 9.82. The van der Waals surface area contributed by atoms with Crippen molar-refractivity contribution in [3.8, 4) is 0 Å². The third kappa shape index (κ3) is 6.60. The molecular weight excluding hydrogens is 236 g/mol. The van der Waals surface area contributed by atoms with Gasteiger partial charge in [-0.05, 0) is 18.6 Å². The monoisotopic (exact) mass is 264 g/mol. The molecule has 0 aliphatic heterocycles. The third-order valence-corrected chi connectivity index (χ3v) is 3.70. The number of Topliss-reactive ketones (excluding diaryl/α,β-unsaturated/α-hetero) is 1. The van der Waals surface area contributed by atoms with Gasteiger partial charge in [0.15, 0.2) is 5.76 Å². The molecule has 0 amide bonds. The van der Waals surface area contributed by atoms with E-state index in [-0.39, 0.29) is 11.7 Å². The van der Waals surface area contributed by atoms with Gasteiger partial charge in [0.25, 0.3) is 0 Å². The number of furan rings is 1. The lowest BCUT2D eigenvalue weighted by Crippen LogP contribution is -2.10. The van der Waals surface area contributed by atoms with Gasteiger partial charge in [0.2, 0.25) is 5.78 Å². The van der Waals surface area contributed by atoms with E-state index in [0.717, 1.165) is 12.8 Å². The molecule has 0 N–H and O–H groups in total. The average Bonchev–Trinajstić information content (AvgIpc) is 2.94. The number of carbonyl (C=O) groups excluding carboxylic acids is 1. The molecule has 108 valence electrons. The minimum Gasteiger partial charge on any atom is -0.461 e. The Labute approximate surface area is 117 Å². The predicted molar refractivity (Wildman–Crippen MR) is 79.4 cm³/mol. The molecule has 2 nitrogen and oxygen atoms in total. The lowest BCUT2D eigenvalue weighted by atomic mass is 9.96. The van der Waals surface area contributed by atoms with Crippen molar-refractivity contribution in [3.63, 3.8) is 0 Å². The number of rotatable bonds is 11. The van der Waals surface area contributed by atoms with Crippen molar-refractivity contribution in [1.82, 2.24) is 0 Å². The van der Waals surface area contributed by atoms with Crippen LogP contribution >= 0.6 is 0 Å². The van der Waals surface area contributed by atoms with Gasteiger partial charge in [-0.1, -0.05) is 65.2 Å². The molecule has 0 saturated carbocycles. The smallest absolute Gasteiger partial charge is 0.200 e. The Morgan fingerprint density at radius 2 is 1.74 bits per heavy atom. The molecule has 2 heteroatoms. The normalized spacial score (nSPS) is 12.5. The van der Waals surface area contributed by atoms with E-state index >= 15 is 0 Å². The Balaban J connectivity index is 2.01. The topological polar surface area (TPSA) is 30.2 Å². The summed E-state index contributed by atoms with van der Waals surface area (Å²) >= 11 is 0. The van der Waals surface area contributed by atoms with Crippen molar-refractivity contribution in [2.24, 2.45) is 5.92 Å². The summed E-state index contributed by atoms with van der Waals surface area (Å²) in [5.41, 5.74) is 0. The van der Waals surface area contributed by atoms with E-state index in [0.29, 0.717) is 5.76 Å². The average molecular weight is 264 g/mol. The van der Waals surface area contributed by atoms with Gasteiger partial charge in [-0.25, -0.2) is 0 Å². The van der Waals surface area contributed by atoms with Gasteiger partial charge in [0.05, 0.1) is 6.26 Å². The molecule has 0 aliphatic carbocycles. The maximum Gasteiger partial charge on any atom is 0.200 e. The predicted octanol–water partition coefficient (Wildman–Crippen LogP) is 5.63. The molecule has 1 aromatic heterocycles. The third-order valence-electron chi connectivity index (χ3n) is 3.70. The molecule has 0 radical (unpaired) electrons. The summed E-state index contributed by atoms with van der Waals surface area (Å²) in [6.07, 6.45) is 13.0. The van der Waals surface area contributed by atoms with Crippen LogP contribution in [0.15, 0.2) is 22.8 Å². The molecule has 0 bridgehead atoms. The number of hydrogen-bond acceptors (Lipinski definition) is 2. The Hall–Kier alpha value is -1.05. The molecule has 19 heavy (non-hydrogen) atoms. The van der Waals surface area contributed by atoms with Crippen molar-refractivity contribution in [2.75, 3.05) is 0 Å². The van der Waals surface area contributed by atoms with E-state index in [4.69, 9.17) is 4.42 Å². The lowest BCUT2D eigenvalue weighted by Gasteiger charge is -2.08. The highest BCUT2D eigenvalue weighted by atomic mass is 16.3. The zero-order chi connectivity index (χ0) is 13.9. The number of carbonyl (C=O) groups is 1. The van der Waals surface area contributed by atoms with Crippen LogP contribution in [0.5, 0.6) is 0 Å². The van der Waals surface area contributed by atoms with Crippen LogP contribution in [-0.2, 0) is 0 Å². The fraction of sp³-hybridized carbons (Fsp3) is 0.706. The van der Waals surface area contributed by atoms with Gasteiger partial charge in [-0.3, -0.25) is 4.79 Å². The SMILES string of the molecule is CCCCCCCCCCC(C)C(=O)c1ccco1. The molecule has 1 unspecified atom stereocenters. The fourth-order valence-corrected chi connectivity index (χ4v) is 2.38. The summed E-state index contributed by atoms with van der Waals surface area (Å²) in [5, 5.41) is 0. The van der Waals surface area contributed by atoms with Crippen molar-refractivity contribution in [2.45, 2.75) is 71.6 Å². The van der Waals surface area contributed by atoms with Gasteiger partial charge in [-0.2, -0.15) is 0 Å². The van der Waals surface area contributed by atoms with Crippen LogP contribution in [0.3, 0.4) is 0 Å². The van der Waals surface area contributed by atoms with E-state index < -0.39 is 0 Å². The molecule has 0 spiro atoms. The van der Waals surface area contributed by atoms with Crippen LogP contribution in [0.25, 0.3) is 0 Å². The van der Waals surface area contributed by atoms with Crippen LogP contribution in [0.2, 0.25) is 0 Å². The second-order valence-corrected chi connectivity index (χ2v) is 5.51. The molecule has 1 aromatic rings. The minimum absolute atomic E-state index is 0.0891. The van der Waals surface area contributed by atoms with E-state index in [9.17, 15) is 4.79 Å². The summed E-state index contributed by atoms with van der Waals surface area (Å²) in [6, 6.07) is 3.53. The molecular formula is C17H28O2. The summed E-state index contributed by atoms with van der Waals surface area (Å²) in [5.74, 6) is 0.742. The molecule has 0 saturated heterocycles. The molecule has 0 fully saturated rings. The highest BCUT2D eigenvalue weighted by Gasteiger charge is 2.16. The first-order valence-electron chi connectivity index (χ1n) is 7.83. The first kappa shape index (κ1) is 16.0. The van der Waals surface area contributed by atoms with Gasteiger partial charge in [0, 0.05) is 5.92 Å². The minimum atomic E-state index is 0.0891. The molecule has 0 aromatic carbocycles. The first-order valence-corrected chi connectivity index (χ1v) is 7.83. The zero-order valence-electron chi connectivity index (χ0n) is 12.5. The Kier molecular flexibility index (Phi) is 8.28. The highest BCUT2D eigenvalue weighted by molar-refractivity contribution is 5.94. The number of unbranched alkanes of at least 4 members (excludes halogenated alkanes) is 7. The van der Waals surface area contributed by atoms with E-state index in [1.807, 2.05) is 6.92 Å². The van der Waals surface area contributed by atoms with Gasteiger partial charge in [-0.15, -0.1) is 0 Å². The largest absolute Gasteiger partial charge is 0.461 e. The second-order valence-electron chi connectivity index (χ2n) is 5.51. The van der Waals surface area contributed by atoms with Gasteiger partial charge < -0.3 is 4.42 Å². The van der Waals surface area contributed by atoms with Crippen LogP contribution in [-0.4, -0.2) is 5.78 Å². The Morgan fingerprint density at radius 1 is 1.11 bits per heavy atom. The highest BCUT2D eigenvalue weighted by Crippen LogP contribution is 2.17. The molecule has 1 atom stereocenters. The van der Waals surface area contributed by atoms with Crippen LogP contribution in [0.4, 0.5) is 0 Å². The van der Waals surface area contributed by atoms with Gasteiger partial charge >= 0.3 is 0 Å². The zero-order valence-corrected chi connectivity index (χ0v) is 12.5. The summed E-state index contributed by atoms with van der Waals surface area (Å²) < 4.78 is 5.15. The van der Waals surface area contributed by atoms with Crippen molar-refractivity contribution >= 4 is 5.78 Å². The number of hydrogen-bond donors (Lipinski definition) is 0. The molecule has 1 heterocycles. The summed E-state index contributed by atoms with van der Waals surface area (Å²) in [4.78, 5) is 12.0. The molecule has 1 rings (SSSR count). The lowest BCUT2D eigenvalue weighted by molar-refractivity contribution is 0.0894. The van der Waals surface area contributed by atoms with Crippen LogP contribution in [0, 0.1) is 5.92 Å². The summed E-state index contributed by atoms with van der Waals surface area (Å²) in [6.45, 7) is 4.25. The quantitative estimate of drug-likeness (QED) is 0.383. The summed E-state index contributed by atoms with van der Waals surface area (Å²) in [7, 11) is 0. The van der Waals surface area contributed by atoms with Crippen LogP contribution < -0.4 is 0 Å². The number of ketones is 1. The van der Waals surface area contributed by atoms with Gasteiger partial charge in [0.1, 0.15) is 0 Å². The fourth-order valence-electron chi connectivity index (χ4n) is 2.38. The molecule has 0 aliphatic rings. The van der Waals surface area contributed by atoms with Crippen molar-refractivity contribution in [3.05, 3.63) is 24.2 Å². The van der Waals surface area contributed by atoms with E-state index in [1.165, 1.54) is 44.9 Å². The maximum absolute atomic E-state index is 12.0. The van der Waals surface area contributed by atoms with E-state index in [2.05, 4.69) is 6.92 Å². The Bertz CT molecular complexity index is 327. The van der Waals surface area contributed by atoms with Crippen molar-refractivity contribution < 1.29 is 9.21 Å². The van der Waals surface area contributed by atoms with E-state index in [1.54, 1.807) is 18.4 Å². The standard InChI is InChI=1S/C17H28O2/c1-3-4-5-6-7-8-9-10-12-15(2)17(18)16-13-11-14-19-16/h11,13-15H,3-10,12H2,1-2H3. The van der Waals surface area contributed by atoms with Crippen molar-refractivity contribution in [1.29, 1.82) is 0 Å². The maximum atomic E-state index is 12.0. The van der Waals surface area contributed by atoms with Crippen LogP contribution in [0.1, 0.15) is 82.2 Å². The Morgan fingerprint density at radius 3 is 2.32 bits per heavy atom.